The molecule has 2 rings (SSSR count). The molecule has 1 atom stereocenters. The van der Waals surface area contributed by atoms with Crippen molar-refractivity contribution in [3.8, 4) is 0 Å². The lowest BCUT2D eigenvalue weighted by atomic mass is 10.0. The molecule has 0 aliphatic carbocycles. The number of hydrogen-bond donors (Lipinski definition) is 2. The van der Waals surface area contributed by atoms with Gasteiger partial charge in [-0.05, 0) is 63.4 Å². The first-order valence-electron chi connectivity index (χ1n) is 10.5. The largest absolute Gasteiger partial charge is 0.356 e. The highest BCUT2D eigenvalue weighted by atomic mass is 127. The van der Waals surface area contributed by atoms with Crippen LogP contribution in [0.4, 0.5) is 0 Å². The number of aliphatic imine (C=N–C) groups is 1. The van der Waals surface area contributed by atoms with Gasteiger partial charge in [-0.1, -0.05) is 18.6 Å². The lowest BCUT2D eigenvalue weighted by Crippen LogP contribution is -2.39. The van der Waals surface area contributed by atoms with Gasteiger partial charge in [-0.3, -0.25) is 9.79 Å². The van der Waals surface area contributed by atoms with Gasteiger partial charge in [0.05, 0.1) is 0 Å². The highest BCUT2D eigenvalue weighted by molar-refractivity contribution is 14.0. The van der Waals surface area contributed by atoms with Gasteiger partial charge in [0, 0.05) is 45.8 Å². The van der Waals surface area contributed by atoms with E-state index in [1.165, 1.54) is 38.8 Å². The molecule has 164 valence electrons. The summed E-state index contributed by atoms with van der Waals surface area (Å²) in [6.45, 7) is 6.43. The van der Waals surface area contributed by atoms with Crippen LogP contribution in [0.1, 0.15) is 54.9 Å². The highest BCUT2D eigenvalue weighted by Gasteiger charge is 2.17. The molecule has 1 aliphatic rings. The van der Waals surface area contributed by atoms with Crippen molar-refractivity contribution in [2.45, 2.75) is 51.6 Å². The second kappa shape index (κ2) is 13.8. The van der Waals surface area contributed by atoms with E-state index in [0.29, 0.717) is 12.1 Å². The molecule has 0 bridgehead atoms. The van der Waals surface area contributed by atoms with E-state index < -0.39 is 0 Å². The average Bonchev–Trinajstić information content (AvgIpc) is 2.71. The van der Waals surface area contributed by atoms with E-state index in [4.69, 9.17) is 0 Å². The number of unbranched alkanes of at least 4 members (excludes halogenated alkanes) is 1. The molecule has 1 aromatic rings. The van der Waals surface area contributed by atoms with Crippen LogP contribution < -0.4 is 10.6 Å². The zero-order chi connectivity index (χ0) is 20.4. The number of carbonyl (C=O) groups is 1. The van der Waals surface area contributed by atoms with Gasteiger partial charge >= 0.3 is 0 Å². The zero-order valence-electron chi connectivity index (χ0n) is 18.4. The third-order valence-electron chi connectivity index (χ3n) is 5.40. The third kappa shape index (κ3) is 8.90. The summed E-state index contributed by atoms with van der Waals surface area (Å²) in [5.41, 5.74) is 1.83. The topological polar surface area (TPSA) is 60.0 Å². The third-order valence-corrected chi connectivity index (χ3v) is 5.40. The molecule has 0 saturated carbocycles. The number of nitrogens with zero attached hydrogens (tertiary/aromatic N) is 3. The molecule has 1 aromatic carbocycles. The van der Waals surface area contributed by atoms with E-state index in [1.807, 2.05) is 24.3 Å². The molecule has 1 saturated heterocycles. The molecule has 1 fully saturated rings. The van der Waals surface area contributed by atoms with Crippen LogP contribution >= 0.6 is 24.0 Å². The van der Waals surface area contributed by atoms with E-state index >= 15 is 0 Å². The van der Waals surface area contributed by atoms with Crippen molar-refractivity contribution in [1.29, 1.82) is 0 Å². The first-order valence-corrected chi connectivity index (χ1v) is 10.5. The maximum absolute atomic E-state index is 11.9. The normalized spacial score (nSPS) is 17.4. The molecular formula is C22H38IN5O. The molecular weight excluding hydrogens is 477 g/mol. The van der Waals surface area contributed by atoms with E-state index in [1.54, 1.807) is 26.0 Å². The second-order valence-electron chi connectivity index (χ2n) is 7.84. The Morgan fingerprint density at radius 3 is 2.52 bits per heavy atom. The predicted molar refractivity (Wildman–Crippen MR) is 132 cm³/mol. The maximum Gasteiger partial charge on any atom is 0.253 e. The van der Waals surface area contributed by atoms with Crippen LogP contribution in [0.25, 0.3) is 0 Å². The minimum atomic E-state index is 0. The second-order valence-corrected chi connectivity index (χ2v) is 7.84. The zero-order valence-corrected chi connectivity index (χ0v) is 20.7. The maximum atomic E-state index is 11.9. The number of rotatable bonds is 8. The number of amides is 1. The quantitative estimate of drug-likeness (QED) is 0.242. The number of likely N-dealkylation sites (tertiary alicyclic amines) is 1. The molecule has 6 nitrogen and oxygen atoms in total. The van der Waals surface area contributed by atoms with Gasteiger partial charge in [0.15, 0.2) is 5.96 Å². The Morgan fingerprint density at radius 2 is 1.90 bits per heavy atom. The minimum absolute atomic E-state index is 0. The first kappa shape index (κ1) is 25.7. The minimum Gasteiger partial charge on any atom is -0.356 e. The van der Waals surface area contributed by atoms with Crippen LogP contribution in [0.2, 0.25) is 0 Å². The molecule has 0 spiro atoms. The Hall–Kier alpha value is -1.35. The number of guanidine groups is 1. The number of nitrogens with one attached hydrogen (secondary N) is 2. The van der Waals surface area contributed by atoms with Crippen molar-refractivity contribution in [3.63, 3.8) is 0 Å². The summed E-state index contributed by atoms with van der Waals surface area (Å²) in [6.07, 6.45) is 6.44. The van der Waals surface area contributed by atoms with Crippen molar-refractivity contribution >= 4 is 35.8 Å². The number of halogens is 1. The van der Waals surface area contributed by atoms with Gasteiger partial charge in [-0.2, -0.15) is 0 Å². The fourth-order valence-electron chi connectivity index (χ4n) is 3.57. The number of piperidine rings is 1. The van der Waals surface area contributed by atoms with Gasteiger partial charge in [0.1, 0.15) is 0 Å². The molecule has 1 amide bonds. The van der Waals surface area contributed by atoms with Gasteiger partial charge in [0.25, 0.3) is 5.91 Å². The van der Waals surface area contributed by atoms with Gasteiger partial charge in [-0.15, -0.1) is 24.0 Å². The van der Waals surface area contributed by atoms with E-state index in [9.17, 15) is 4.79 Å². The summed E-state index contributed by atoms with van der Waals surface area (Å²) in [5, 5.41) is 6.73. The fraction of sp³-hybridized carbons (Fsp3) is 0.636. The van der Waals surface area contributed by atoms with Crippen LogP contribution in [0.15, 0.2) is 29.3 Å². The van der Waals surface area contributed by atoms with Gasteiger partial charge in [-0.25, -0.2) is 0 Å². The molecule has 1 aliphatic heterocycles. The summed E-state index contributed by atoms with van der Waals surface area (Å²) in [4.78, 5) is 20.4. The van der Waals surface area contributed by atoms with Crippen LogP contribution in [0, 0.1) is 0 Å². The number of carbonyl (C=O) groups excluding carboxylic acids is 1. The predicted octanol–water partition coefficient (Wildman–Crippen LogP) is 3.33. The summed E-state index contributed by atoms with van der Waals surface area (Å²) in [6, 6.07) is 8.46. The Bertz CT molecular complexity index is 633. The van der Waals surface area contributed by atoms with Crippen LogP contribution in [0.5, 0.6) is 0 Å². The smallest absolute Gasteiger partial charge is 0.253 e. The standard InChI is InChI=1S/C22H37N5O.HI/c1-18-9-5-7-15-27(18)16-8-6-14-24-22(23-2)25-17-19-10-12-20(13-11-19)21(28)26(3)4;/h10-13,18H,5-9,14-17H2,1-4H3,(H2,23,24,25);1H. The Labute approximate surface area is 193 Å². The fourth-order valence-corrected chi connectivity index (χ4v) is 3.57. The Morgan fingerprint density at radius 1 is 1.17 bits per heavy atom. The van der Waals surface area contributed by atoms with E-state index in [0.717, 1.165) is 30.5 Å². The van der Waals surface area contributed by atoms with Crippen molar-refractivity contribution < 1.29 is 4.79 Å². The average molecular weight is 515 g/mol. The summed E-state index contributed by atoms with van der Waals surface area (Å²) in [7, 11) is 5.32. The van der Waals surface area contributed by atoms with Crippen molar-refractivity contribution in [2.75, 3.05) is 40.8 Å². The lowest BCUT2D eigenvalue weighted by Gasteiger charge is -2.33. The summed E-state index contributed by atoms with van der Waals surface area (Å²) >= 11 is 0. The lowest BCUT2D eigenvalue weighted by molar-refractivity contribution is 0.0827. The Kier molecular flexibility index (Phi) is 12.2. The monoisotopic (exact) mass is 515 g/mol. The number of benzene rings is 1. The van der Waals surface area contributed by atoms with Crippen LogP contribution in [0.3, 0.4) is 0 Å². The first-order chi connectivity index (χ1) is 13.5. The molecule has 0 radical (unpaired) electrons. The van der Waals surface area contributed by atoms with Crippen molar-refractivity contribution in [3.05, 3.63) is 35.4 Å². The van der Waals surface area contributed by atoms with Gasteiger partial charge in [0.2, 0.25) is 0 Å². The highest BCUT2D eigenvalue weighted by Crippen LogP contribution is 2.16. The summed E-state index contributed by atoms with van der Waals surface area (Å²) < 4.78 is 0. The molecule has 1 unspecified atom stereocenters. The van der Waals surface area contributed by atoms with Crippen LogP contribution in [-0.2, 0) is 6.54 Å². The Balaban J connectivity index is 0.00000420. The van der Waals surface area contributed by atoms with Crippen molar-refractivity contribution in [2.24, 2.45) is 4.99 Å². The van der Waals surface area contributed by atoms with E-state index in [2.05, 4.69) is 27.4 Å². The molecule has 2 N–H and O–H groups in total. The van der Waals surface area contributed by atoms with Crippen LogP contribution in [-0.4, -0.2) is 68.5 Å². The SMILES string of the molecule is CN=C(NCCCCN1CCCCC1C)NCc1ccc(C(=O)N(C)C)cc1.I. The molecule has 7 heteroatoms. The number of hydrogen-bond acceptors (Lipinski definition) is 3. The molecule has 1 heterocycles. The van der Waals surface area contributed by atoms with Crippen molar-refractivity contribution in [1.82, 2.24) is 20.4 Å². The summed E-state index contributed by atoms with van der Waals surface area (Å²) in [5.74, 6) is 0.843. The molecule has 0 aromatic heterocycles. The van der Waals surface area contributed by atoms with E-state index in [-0.39, 0.29) is 29.9 Å². The van der Waals surface area contributed by atoms with Gasteiger partial charge < -0.3 is 20.4 Å². The molecule has 29 heavy (non-hydrogen) atoms.